The van der Waals surface area contributed by atoms with Crippen LogP contribution >= 0.6 is 11.6 Å². The number of phenols is 1. The molecule has 2 N–H and O–H groups in total. The van der Waals surface area contributed by atoms with Gasteiger partial charge in [0.25, 0.3) is 5.91 Å². The SMILES string of the molecule is CC(Cc1ccccc1)=NNC(=O)c1cc(Cl)ccc1O. The number of halogens is 1. The molecule has 108 valence electrons. The second-order valence-corrected chi connectivity index (χ2v) is 5.05. The van der Waals surface area contributed by atoms with Crippen molar-refractivity contribution in [3.8, 4) is 5.75 Å². The van der Waals surface area contributed by atoms with Crippen LogP contribution in [0.4, 0.5) is 0 Å². The van der Waals surface area contributed by atoms with Crippen LogP contribution in [0.15, 0.2) is 53.6 Å². The molecule has 0 saturated heterocycles. The third kappa shape index (κ3) is 4.33. The monoisotopic (exact) mass is 302 g/mol. The van der Waals surface area contributed by atoms with E-state index in [2.05, 4.69) is 10.5 Å². The summed E-state index contributed by atoms with van der Waals surface area (Å²) in [6, 6.07) is 14.1. The zero-order chi connectivity index (χ0) is 15.2. The molecule has 0 unspecified atom stereocenters. The van der Waals surface area contributed by atoms with E-state index >= 15 is 0 Å². The molecule has 0 aliphatic rings. The lowest BCUT2D eigenvalue weighted by molar-refractivity contribution is 0.0952. The van der Waals surface area contributed by atoms with Crippen LogP contribution in [-0.4, -0.2) is 16.7 Å². The quantitative estimate of drug-likeness (QED) is 0.671. The summed E-state index contributed by atoms with van der Waals surface area (Å²) in [7, 11) is 0. The van der Waals surface area contributed by atoms with Gasteiger partial charge in [-0.25, -0.2) is 5.43 Å². The third-order valence-corrected chi connectivity index (χ3v) is 3.09. The number of benzene rings is 2. The van der Waals surface area contributed by atoms with Gasteiger partial charge in [-0.15, -0.1) is 0 Å². The van der Waals surface area contributed by atoms with E-state index in [4.69, 9.17) is 11.6 Å². The first-order valence-electron chi connectivity index (χ1n) is 6.42. The van der Waals surface area contributed by atoms with E-state index in [-0.39, 0.29) is 11.3 Å². The second kappa shape index (κ2) is 6.90. The van der Waals surface area contributed by atoms with Crippen molar-refractivity contribution in [1.29, 1.82) is 0 Å². The molecule has 21 heavy (non-hydrogen) atoms. The van der Waals surface area contributed by atoms with Crippen molar-refractivity contribution >= 4 is 23.2 Å². The molecule has 5 heteroatoms. The summed E-state index contributed by atoms with van der Waals surface area (Å²) in [5.74, 6) is -0.629. The highest BCUT2D eigenvalue weighted by Gasteiger charge is 2.11. The molecule has 0 aromatic heterocycles. The van der Waals surface area contributed by atoms with E-state index in [1.807, 2.05) is 37.3 Å². The summed E-state index contributed by atoms with van der Waals surface area (Å²) in [5.41, 5.74) is 4.38. The van der Waals surface area contributed by atoms with Crippen LogP contribution in [0, 0.1) is 0 Å². The summed E-state index contributed by atoms with van der Waals surface area (Å²) in [6.07, 6.45) is 0.642. The van der Waals surface area contributed by atoms with Gasteiger partial charge in [0.15, 0.2) is 0 Å². The first-order valence-corrected chi connectivity index (χ1v) is 6.80. The Bertz CT molecular complexity index is 669. The number of phenolic OH excluding ortho intramolecular Hbond substituents is 1. The Hall–Kier alpha value is -2.33. The Balaban J connectivity index is 2.02. The lowest BCUT2D eigenvalue weighted by Crippen LogP contribution is -2.19. The van der Waals surface area contributed by atoms with Crippen LogP contribution in [0.25, 0.3) is 0 Å². The summed E-state index contributed by atoms with van der Waals surface area (Å²) in [5, 5.41) is 14.0. The Morgan fingerprint density at radius 2 is 1.95 bits per heavy atom. The lowest BCUT2D eigenvalue weighted by atomic mass is 10.1. The summed E-state index contributed by atoms with van der Waals surface area (Å²) >= 11 is 5.80. The highest BCUT2D eigenvalue weighted by Crippen LogP contribution is 2.21. The van der Waals surface area contributed by atoms with Crippen LogP contribution in [0.1, 0.15) is 22.8 Å². The fraction of sp³-hybridized carbons (Fsp3) is 0.125. The molecule has 0 fully saturated rings. The molecule has 4 nitrogen and oxygen atoms in total. The predicted molar refractivity (Wildman–Crippen MR) is 83.8 cm³/mol. The standard InChI is InChI=1S/C16H15ClN2O2/c1-11(9-12-5-3-2-4-6-12)18-19-16(21)14-10-13(17)7-8-15(14)20/h2-8,10,20H,9H2,1H3,(H,19,21). The number of rotatable bonds is 4. The van der Waals surface area contributed by atoms with Crippen molar-refractivity contribution < 1.29 is 9.90 Å². The van der Waals surface area contributed by atoms with Crippen molar-refractivity contribution in [1.82, 2.24) is 5.43 Å². The molecule has 0 atom stereocenters. The van der Waals surface area contributed by atoms with Gasteiger partial charge in [0.1, 0.15) is 5.75 Å². The minimum absolute atomic E-state index is 0.0961. The molecule has 0 saturated carbocycles. The summed E-state index contributed by atoms with van der Waals surface area (Å²) < 4.78 is 0. The van der Waals surface area contributed by atoms with E-state index in [1.165, 1.54) is 18.2 Å². The molecule has 2 rings (SSSR count). The Labute approximate surface area is 128 Å². The number of aromatic hydroxyl groups is 1. The van der Waals surface area contributed by atoms with Crippen molar-refractivity contribution in [2.24, 2.45) is 5.10 Å². The second-order valence-electron chi connectivity index (χ2n) is 4.61. The Morgan fingerprint density at radius 1 is 1.24 bits per heavy atom. The Kier molecular flexibility index (Phi) is 4.95. The van der Waals surface area contributed by atoms with Crippen molar-refractivity contribution in [3.63, 3.8) is 0 Å². The highest BCUT2D eigenvalue weighted by atomic mass is 35.5. The third-order valence-electron chi connectivity index (χ3n) is 2.85. The zero-order valence-electron chi connectivity index (χ0n) is 11.5. The maximum atomic E-state index is 11.9. The van der Waals surface area contributed by atoms with Gasteiger partial charge in [-0.05, 0) is 30.7 Å². The molecule has 0 heterocycles. The number of hydrogen-bond acceptors (Lipinski definition) is 3. The van der Waals surface area contributed by atoms with E-state index in [0.29, 0.717) is 11.4 Å². The molecule has 2 aromatic rings. The largest absolute Gasteiger partial charge is 0.507 e. The van der Waals surface area contributed by atoms with Gasteiger partial charge in [0.05, 0.1) is 5.56 Å². The van der Waals surface area contributed by atoms with Gasteiger partial charge in [-0.3, -0.25) is 4.79 Å². The van der Waals surface area contributed by atoms with E-state index in [0.717, 1.165) is 11.3 Å². The first kappa shape index (κ1) is 15.1. The summed E-state index contributed by atoms with van der Waals surface area (Å²) in [6.45, 7) is 1.82. The fourth-order valence-corrected chi connectivity index (χ4v) is 2.00. The van der Waals surface area contributed by atoms with E-state index < -0.39 is 5.91 Å². The van der Waals surface area contributed by atoms with Crippen LogP contribution in [0.3, 0.4) is 0 Å². The number of hydrogen-bond donors (Lipinski definition) is 2. The average molecular weight is 303 g/mol. The molecule has 2 aromatic carbocycles. The Morgan fingerprint density at radius 3 is 2.67 bits per heavy atom. The van der Waals surface area contributed by atoms with Gasteiger partial charge in [0, 0.05) is 17.2 Å². The minimum atomic E-state index is -0.498. The lowest BCUT2D eigenvalue weighted by Gasteiger charge is -2.05. The number of carbonyl (C=O) groups is 1. The van der Waals surface area contributed by atoms with Crippen LogP contribution in [-0.2, 0) is 6.42 Å². The molecule has 0 aliphatic heterocycles. The predicted octanol–water partition coefficient (Wildman–Crippen LogP) is 3.39. The fourth-order valence-electron chi connectivity index (χ4n) is 1.83. The van der Waals surface area contributed by atoms with E-state index in [9.17, 15) is 9.90 Å². The number of hydrazone groups is 1. The van der Waals surface area contributed by atoms with E-state index in [1.54, 1.807) is 0 Å². The molecule has 0 spiro atoms. The highest BCUT2D eigenvalue weighted by molar-refractivity contribution is 6.31. The first-order chi connectivity index (χ1) is 10.1. The molecule has 1 amide bonds. The van der Waals surface area contributed by atoms with Crippen molar-refractivity contribution in [2.75, 3.05) is 0 Å². The van der Waals surface area contributed by atoms with Gasteiger partial charge < -0.3 is 5.11 Å². The normalized spacial score (nSPS) is 11.2. The molecular weight excluding hydrogens is 288 g/mol. The van der Waals surface area contributed by atoms with Crippen molar-refractivity contribution in [2.45, 2.75) is 13.3 Å². The van der Waals surface area contributed by atoms with Gasteiger partial charge in [-0.2, -0.15) is 5.10 Å². The van der Waals surface area contributed by atoms with Crippen molar-refractivity contribution in [3.05, 3.63) is 64.7 Å². The summed E-state index contributed by atoms with van der Waals surface area (Å²) in [4.78, 5) is 11.9. The maximum Gasteiger partial charge on any atom is 0.275 e. The minimum Gasteiger partial charge on any atom is -0.507 e. The number of carbonyl (C=O) groups excluding carboxylic acids is 1. The molecular formula is C16H15ClN2O2. The van der Waals surface area contributed by atoms with Gasteiger partial charge >= 0.3 is 0 Å². The van der Waals surface area contributed by atoms with Crippen LogP contribution < -0.4 is 5.43 Å². The number of nitrogens with zero attached hydrogens (tertiary/aromatic N) is 1. The van der Waals surface area contributed by atoms with Gasteiger partial charge in [-0.1, -0.05) is 41.9 Å². The van der Waals surface area contributed by atoms with Gasteiger partial charge in [0.2, 0.25) is 0 Å². The molecule has 0 bridgehead atoms. The molecule has 0 radical (unpaired) electrons. The smallest absolute Gasteiger partial charge is 0.275 e. The maximum absolute atomic E-state index is 11.9. The zero-order valence-corrected chi connectivity index (χ0v) is 12.3. The molecule has 0 aliphatic carbocycles. The number of amides is 1. The van der Waals surface area contributed by atoms with Crippen LogP contribution in [0.5, 0.6) is 5.75 Å². The topological polar surface area (TPSA) is 61.7 Å². The number of nitrogens with one attached hydrogen (secondary N) is 1. The van der Waals surface area contributed by atoms with Crippen LogP contribution in [0.2, 0.25) is 5.02 Å². The average Bonchev–Trinajstić information content (AvgIpc) is 2.48.